The summed E-state index contributed by atoms with van der Waals surface area (Å²) in [6, 6.07) is 1.83. The summed E-state index contributed by atoms with van der Waals surface area (Å²) in [5.74, 6) is 2.23. The maximum absolute atomic E-state index is 5.08. The third-order valence-corrected chi connectivity index (χ3v) is 2.57. The summed E-state index contributed by atoms with van der Waals surface area (Å²) in [5, 5.41) is 3.23. The van der Waals surface area contributed by atoms with Crippen LogP contribution >= 0.6 is 0 Å². The van der Waals surface area contributed by atoms with Gasteiger partial charge in [-0.15, -0.1) is 0 Å². The molecule has 82 valence electrons. The molecule has 1 N–H and O–H groups in total. The summed E-state index contributed by atoms with van der Waals surface area (Å²) in [7, 11) is 1.62. The van der Waals surface area contributed by atoms with Crippen LogP contribution in [0.4, 0.5) is 5.95 Å². The molecule has 0 unspecified atom stereocenters. The lowest BCUT2D eigenvalue weighted by Gasteiger charge is -2.06. The van der Waals surface area contributed by atoms with Crippen LogP contribution in [0, 0.1) is 12.8 Å². The van der Waals surface area contributed by atoms with E-state index in [1.165, 1.54) is 19.3 Å². The molecule has 0 saturated heterocycles. The summed E-state index contributed by atoms with van der Waals surface area (Å²) in [6.45, 7) is 2.90. The van der Waals surface area contributed by atoms with E-state index in [1.54, 1.807) is 7.11 Å². The van der Waals surface area contributed by atoms with Crippen molar-refractivity contribution < 1.29 is 4.74 Å². The van der Waals surface area contributed by atoms with E-state index in [0.717, 1.165) is 18.2 Å². The van der Waals surface area contributed by atoms with Crippen LogP contribution in [0.1, 0.15) is 25.0 Å². The quantitative estimate of drug-likeness (QED) is 0.802. The highest BCUT2D eigenvalue weighted by molar-refractivity contribution is 5.30. The lowest BCUT2D eigenvalue weighted by Crippen LogP contribution is -2.07. The second-order valence-corrected chi connectivity index (χ2v) is 4.03. The van der Waals surface area contributed by atoms with Gasteiger partial charge in [0, 0.05) is 18.3 Å². The Morgan fingerprint density at radius 1 is 1.47 bits per heavy atom. The number of methoxy groups -OCH3 is 1. The molecule has 0 amide bonds. The van der Waals surface area contributed by atoms with E-state index in [9.17, 15) is 0 Å². The summed E-state index contributed by atoms with van der Waals surface area (Å²) >= 11 is 0. The number of rotatable bonds is 5. The maximum Gasteiger partial charge on any atom is 0.226 e. The topological polar surface area (TPSA) is 47.0 Å². The van der Waals surface area contributed by atoms with E-state index < -0.39 is 0 Å². The van der Waals surface area contributed by atoms with Crippen LogP contribution < -0.4 is 10.1 Å². The first-order valence-electron chi connectivity index (χ1n) is 5.41. The van der Waals surface area contributed by atoms with Gasteiger partial charge in [-0.25, -0.2) is 4.98 Å². The van der Waals surface area contributed by atoms with Crippen molar-refractivity contribution in [1.82, 2.24) is 9.97 Å². The molecule has 0 aromatic carbocycles. The fraction of sp³-hybridized carbons (Fsp3) is 0.636. The van der Waals surface area contributed by atoms with Crippen molar-refractivity contribution in [3.8, 4) is 5.88 Å². The van der Waals surface area contributed by atoms with Gasteiger partial charge in [-0.3, -0.25) is 0 Å². The Morgan fingerprint density at radius 2 is 2.27 bits per heavy atom. The molecule has 4 nitrogen and oxygen atoms in total. The van der Waals surface area contributed by atoms with Crippen molar-refractivity contribution in [2.45, 2.75) is 26.2 Å². The predicted octanol–water partition coefficient (Wildman–Crippen LogP) is 2.01. The molecule has 15 heavy (non-hydrogen) atoms. The lowest BCUT2D eigenvalue weighted by molar-refractivity contribution is 0.397. The number of ether oxygens (including phenoxy) is 1. The van der Waals surface area contributed by atoms with E-state index in [4.69, 9.17) is 4.74 Å². The molecule has 1 aromatic rings. The fourth-order valence-corrected chi connectivity index (χ4v) is 1.52. The molecule has 1 fully saturated rings. The van der Waals surface area contributed by atoms with Crippen LogP contribution in [0.15, 0.2) is 6.07 Å². The van der Waals surface area contributed by atoms with Gasteiger partial charge in [0.25, 0.3) is 0 Å². The van der Waals surface area contributed by atoms with Crippen LogP contribution in [0.2, 0.25) is 0 Å². The van der Waals surface area contributed by atoms with Crippen molar-refractivity contribution in [3.05, 3.63) is 11.8 Å². The minimum absolute atomic E-state index is 0.622. The number of hydrogen-bond donors (Lipinski definition) is 1. The third-order valence-electron chi connectivity index (χ3n) is 2.57. The van der Waals surface area contributed by atoms with Crippen LogP contribution in [0.25, 0.3) is 0 Å². The van der Waals surface area contributed by atoms with Crippen molar-refractivity contribution in [2.24, 2.45) is 5.92 Å². The normalized spacial score (nSPS) is 15.1. The maximum atomic E-state index is 5.08. The Kier molecular flexibility index (Phi) is 3.04. The SMILES string of the molecule is COc1cc(C)nc(NCCC2CC2)n1. The van der Waals surface area contributed by atoms with Gasteiger partial charge in [0.1, 0.15) is 0 Å². The smallest absolute Gasteiger partial charge is 0.226 e. The van der Waals surface area contributed by atoms with Crippen molar-refractivity contribution >= 4 is 5.95 Å². The third kappa shape index (κ3) is 3.08. The zero-order chi connectivity index (χ0) is 10.7. The Bertz CT molecular complexity index is 337. The highest BCUT2D eigenvalue weighted by Gasteiger charge is 2.20. The number of nitrogens with one attached hydrogen (secondary N) is 1. The molecule has 4 heteroatoms. The Hall–Kier alpha value is -1.32. The van der Waals surface area contributed by atoms with Gasteiger partial charge in [0.15, 0.2) is 0 Å². The fourth-order valence-electron chi connectivity index (χ4n) is 1.52. The average molecular weight is 207 g/mol. The number of anilines is 1. The van der Waals surface area contributed by atoms with Gasteiger partial charge in [0.2, 0.25) is 11.8 Å². The minimum Gasteiger partial charge on any atom is -0.481 e. The van der Waals surface area contributed by atoms with Crippen LogP contribution in [-0.2, 0) is 0 Å². The van der Waals surface area contributed by atoms with Crippen LogP contribution in [-0.4, -0.2) is 23.6 Å². The van der Waals surface area contributed by atoms with Crippen molar-refractivity contribution in [2.75, 3.05) is 19.0 Å². The second kappa shape index (κ2) is 4.47. The van der Waals surface area contributed by atoms with Crippen molar-refractivity contribution in [1.29, 1.82) is 0 Å². The summed E-state index contributed by atoms with van der Waals surface area (Å²) in [6.07, 6.45) is 4.00. The Morgan fingerprint density at radius 3 is 2.93 bits per heavy atom. The molecular weight excluding hydrogens is 190 g/mol. The van der Waals surface area contributed by atoms with Gasteiger partial charge in [-0.05, 0) is 19.3 Å². The molecular formula is C11H17N3O. The molecule has 0 atom stereocenters. The van der Waals surface area contributed by atoms with E-state index in [0.29, 0.717) is 11.8 Å². The van der Waals surface area contributed by atoms with Gasteiger partial charge >= 0.3 is 0 Å². The van der Waals surface area contributed by atoms with Gasteiger partial charge in [-0.1, -0.05) is 12.8 Å². The standard InChI is InChI=1S/C11H17N3O/c1-8-7-10(15-2)14-11(13-8)12-6-5-9-3-4-9/h7,9H,3-6H2,1-2H3,(H,12,13,14). The Balaban J connectivity index is 1.90. The second-order valence-electron chi connectivity index (χ2n) is 4.03. The van der Waals surface area contributed by atoms with E-state index in [-0.39, 0.29) is 0 Å². The number of hydrogen-bond acceptors (Lipinski definition) is 4. The van der Waals surface area contributed by atoms with Gasteiger partial charge < -0.3 is 10.1 Å². The number of aryl methyl sites for hydroxylation is 1. The largest absolute Gasteiger partial charge is 0.481 e. The average Bonchev–Trinajstić information content (AvgIpc) is 3.01. The summed E-state index contributed by atoms with van der Waals surface area (Å²) < 4.78 is 5.08. The molecule has 1 aliphatic rings. The zero-order valence-electron chi connectivity index (χ0n) is 9.29. The molecule has 2 rings (SSSR count). The monoisotopic (exact) mass is 207 g/mol. The molecule has 0 radical (unpaired) electrons. The molecule has 0 bridgehead atoms. The van der Waals surface area contributed by atoms with Gasteiger partial charge in [-0.2, -0.15) is 4.98 Å². The van der Waals surface area contributed by atoms with Crippen molar-refractivity contribution in [3.63, 3.8) is 0 Å². The molecule has 1 aliphatic carbocycles. The first-order chi connectivity index (χ1) is 7.28. The number of aromatic nitrogens is 2. The van der Waals surface area contributed by atoms with Crippen LogP contribution in [0.3, 0.4) is 0 Å². The summed E-state index contributed by atoms with van der Waals surface area (Å²) in [5.41, 5.74) is 0.927. The minimum atomic E-state index is 0.622. The summed E-state index contributed by atoms with van der Waals surface area (Å²) in [4.78, 5) is 8.52. The Labute approximate surface area is 90.1 Å². The molecule has 0 aliphatic heterocycles. The first kappa shape index (κ1) is 10.2. The highest BCUT2D eigenvalue weighted by Crippen LogP contribution is 2.31. The van der Waals surface area contributed by atoms with E-state index in [2.05, 4.69) is 15.3 Å². The first-order valence-corrected chi connectivity index (χ1v) is 5.41. The van der Waals surface area contributed by atoms with E-state index >= 15 is 0 Å². The van der Waals surface area contributed by atoms with E-state index in [1.807, 2.05) is 13.0 Å². The zero-order valence-corrected chi connectivity index (χ0v) is 9.29. The highest BCUT2D eigenvalue weighted by atomic mass is 16.5. The van der Waals surface area contributed by atoms with Gasteiger partial charge in [0.05, 0.1) is 7.11 Å². The number of nitrogens with zero attached hydrogens (tertiary/aromatic N) is 2. The lowest BCUT2D eigenvalue weighted by atomic mass is 10.3. The predicted molar refractivity (Wildman–Crippen MR) is 59.2 cm³/mol. The molecule has 1 saturated carbocycles. The molecule has 0 spiro atoms. The molecule has 1 aromatic heterocycles. The molecule has 1 heterocycles. The van der Waals surface area contributed by atoms with Crippen LogP contribution in [0.5, 0.6) is 5.88 Å².